The van der Waals surface area contributed by atoms with Gasteiger partial charge >= 0.3 is 0 Å². The van der Waals surface area contributed by atoms with Gasteiger partial charge in [0.05, 0.1) is 5.60 Å². The molecule has 2 aliphatic rings. The van der Waals surface area contributed by atoms with Gasteiger partial charge in [0.25, 0.3) is 0 Å². The number of likely N-dealkylation sites (tertiary alicyclic amines) is 1. The maximum atomic E-state index is 9.50. The van der Waals surface area contributed by atoms with Crippen molar-refractivity contribution in [1.29, 1.82) is 0 Å². The fourth-order valence-corrected chi connectivity index (χ4v) is 2.05. The molecule has 1 saturated carbocycles. The molecule has 1 heterocycles. The zero-order chi connectivity index (χ0) is 8.11. The van der Waals surface area contributed by atoms with E-state index in [0.29, 0.717) is 0 Å². The largest absolute Gasteiger partial charge is 0.389 e. The van der Waals surface area contributed by atoms with Gasteiger partial charge in [-0.15, -0.1) is 0 Å². The average Bonchev–Trinajstić information content (AvgIpc) is 2.38. The van der Waals surface area contributed by atoms with Gasteiger partial charge in [-0.05, 0) is 32.1 Å². The Bertz CT molecular complexity index is 159. The summed E-state index contributed by atoms with van der Waals surface area (Å²) >= 11 is 0. The Kier molecular flexibility index (Phi) is 1.37. The van der Waals surface area contributed by atoms with Crippen molar-refractivity contribution in [1.82, 2.24) is 4.90 Å². The summed E-state index contributed by atoms with van der Waals surface area (Å²) in [6.45, 7) is 7.07. The number of rotatable bonds is 2. The van der Waals surface area contributed by atoms with Gasteiger partial charge in [0, 0.05) is 19.6 Å². The first-order valence-corrected chi connectivity index (χ1v) is 4.44. The highest BCUT2D eigenvalue weighted by atomic mass is 16.3. The van der Waals surface area contributed by atoms with E-state index < -0.39 is 5.60 Å². The zero-order valence-electron chi connectivity index (χ0n) is 7.43. The summed E-state index contributed by atoms with van der Waals surface area (Å²) in [6.07, 6.45) is 2.85. The maximum absolute atomic E-state index is 9.50. The van der Waals surface area contributed by atoms with Gasteiger partial charge in [-0.1, -0.05) is 0 Å². The van der Waals surface area contributed by atoms with Crippen molar-refractivity contribution in [2.24, 2.45) is 5.41 Å². The second-order valence-electron chi connectivity index (χ2n) is 4.96. The quantitative estimate of drug-likeness (QED) is 0.639. The minimum Gasteiger partial charge on any atom is -0.389 e. The molecule has 2 nitrogen and oxygen atoms in total. The van der Waals surface area contributed by atoms with Crippen molar-refractivity contribution >= 4 is 0 Å². The van der Waals surface area contributed by atoms with Crippen LogP contribution < -0.4 is 0 Å². The highest BCUT2D eigenvalue weighted by Crippen LogP contribution is 2.52. The van der Waals surface area contributed by atoms with E-state index in [1.807, 2.05) is 13.8 Å². The third-order valence-corrected chi connectivity index (χ3v) is 2.69. The van der Waals surface area contributed by atoms with E-state index in [1.165, 1.54) is 25.9 Å². The standard InChI is InChI=1S/C9H17NO/c1-8(2,11)5-10-6-9(7-10)3-4-9/h11H,3-7H2,1-2H3. The lowest BCUT2D eigenvalue weighted by atomic mass is 9.95. The van der Waals surface area contributed by atoms with Gasteiger partial charge in [-0.2, -0.15) is 0 Å². The molecule has 0 amide bonds. The molecule has 1 spiro atoms. The van der Waals surface area contributed by atoms with Crippen LogP contribution in [0.15, 0.2) is 0 Å². The fourth-order valence-electron chi connectivity index (χ4n) is 2.05. The van der Waals surface area contributed by atoms with Gasteiger partial charge in [0.15, 0.2) is 0 Å². The number of hydrogen-bond acceptors (Lipinski definition) is 2. The van der Waals surface area contributed by atoms with Crippen LogP contribution in [0.2, 0.25) is 0 Å². The van der Waals surface area contributed by atoms with E-state index in [1.54, 1.807) is 0 Å². The maximum Gasteiger partial charge on any atom is 0.0718 e. The second-order valence-corrected chi connectivity index (χ2v) is 4.96. The molecule has 1 saturated heterocycles. The van der Waals surface area contributed by atoms with Crippen molar-refractivity contribution in [3.05, 3.63) is 0 Å². The molecule has 0 atom stereocenters. The van der Waals surface area contributed by atoms with Crippen LogP contribution in [0.5, 0.6) is 0 Å². The third-order valence-electron chi connectivity index (χ3n) is 2.69. The van der Waals surface area contributed by atoms with E-state index >= 15 is 0 Å². The third kappa shape index (κ3) is 1.57. The first kappa shape index (κ1) is 7.56. The SMILES string of the molecule is CC(C)(O)CN1CC2(CC2)C1. The number of aliphatic hydroxyl groups is 1. The lowest BCUT2D eigenvalue weighted by Gasteiger charge is -2.42. The van der Waals surface area contributed by atoms with Crippen molar-refractivity contribution in [2.75, 3.05) is 19.6 Å². The Labute approximate surface area is 68.2 Å². The molecule has 0 aromatic carbocycles. The van der Waals surface area contributed by atoms with E-state index in [2.05, 4.69) is 4.90 Å². The summed E-state index contributed by atoms with van der Waals surface area (Å²) in [5.74, 6) is 0. The summed E-state index contributed by atoms with van der Waals surface area (Å²) in [5, 5.41) is 9.50. The van der Waals surface area contributed by atoms with Crippen LogP contribution in [-0.2, 0) is 0 Å². The van der Waals surface area contributed by atoms with Crippen LogP contribution in [0.3, 0.4) is 0 Å². The average molecular weight is 155 g/mol. The summed E-state index contributed by atoms with van der Waals surface area (Å²) in [7, 11) is 0. The van der Waals surface area contributed by atoms with Crippen LogP contribution >= 0.6 is 0 Å². The minimum absolute atomic E-state index is 0.503. The minimum atomic E-state index is -0.503. The normalized spacial score (nSPS) is 28.6. The molecule has 0 unspecified atom stereocenters. The van der Waals surface area contributed by atoms with E-state index in [0.717, 1.165) is 12.0 Å². The molecule has 0 aromatic heterocycles. The molecule has 0 radical (unpaired) electrons. The van der Waals surface area contributed by atoms with Crippen LogP contribution in [0.25, 0.3) is 0 Å². The Balaban J connectivity index is 1.75. The molecule has 0 bridgehead atoms. The molecule has 2 fully saturated rings. The summed E-state index contributed by atoms with van der Waals surface area (Å²) in [5.41, 5.74) is 0.224. The molecule has 1 N–H and O–H groups in total. The van der Waals surface area contributed by atoms with Crippen molar-refractivity contribution in [3.63, 3.8) is 0 Å². The number of nitrogens with zero attached hydrogens (tertiary/aromatic N) is 1. The highest BCUT2D eigenvalue weighted by Gasteiger charge is 2.52. The van der Waals surface area contributed by atoms with Crippen molar-refractivity contribution in [2.45, 2.75) is 32.3 Å². The monoisotopic (exact) mass is 155 g/mol. The molecule has 1 aliphatic carbocycles. The van der Waals surface area contributed by atoms with E-state index in [9.17, 15) is 5.11 Å². The summed E-state index contributed by atoms with van der Waals surface area (Å²) in [4.78, 5) is 2.35. The van der Waals surface area contributed by atoms with E-state index in [-0.39, 0.29) is 0 Å². The van der Waals surface area contributed by atoms with Crippen LogP contribution in [0.4, 0.5) is 0 Å². The Hall–Kier alpha value is -0.0800. The fraction of sp³-hybridized carbons (Fsp3) is 1.00. The van der Waals surface area contributed by atoms with Crippen LogP contribution in [0, 0.1) is 5.41 Å². The topological polar surface area (TPSA) is 23.5 Å². The van der Waals surface area contributed by atoms with Gasteiger partial charge in [-0.25, -0.2) is 0 Å². The summed E-state index contributed by atoms with van der Waals surface area (Å²) in [6, 6.07) is 0. The molecular weight excluding hydrogens is 138 g/mol. The van der Waals surface area contributed by atoms with Gasteiger partial charge in [0.2, 0.25) is 0 Å². The Morgan fingerprint density at radius 2 is 1.91 bits per heavy atom. The predicted molar refractivity (Wildman–Crippen MR) is 44.4 cm³/mol. The predicted octanol–water partition coefficient (Wildman–Crippen LogP) is 0.853. The molecule has 64 valence electrons. The first-order valence-electron chi connectivity index (χ1n) is 4.44. The van der Waals surface area contributed by atoms with Crippen molar-refractivity contribution < 1.29 is 5.11 Å². The molecule has 0 aromatic rings. The summed E-state index contributed by atoms with van der Waals surface area (Å²) < 4.78 is 0. The lowest BCUT2D eigenvalue weighted by molar-refractivity contribution is -0.0153. The first-order chi connectivity index (χ1) is 4.99. The van der Waals surface area contributed by atoms with Crippen LogP contribution in [-0.4, -0.2) is 35.2 Å². The molecule has 1 aliphatic heterocycles. The van der Waals surface area contributed by atoms with Gasteiger partial charge in [-0.3, -0.25) is 4.90 Å². The van der Waals surface area contributed by atoms with E-state index in [4.69, 9.17) is 0 Å². The number of hydrogen-bond donors (Lipinski definition) is 1. The molecule has 11 heavy (non-hydrogen) atoms. The number of β-amino-alcohol motifs (C(OH)–C–C–N with tert-alkyl or cyclic N) is 1. The van der Waals surface area contributed by atoms with Crippen LogP contribution in [0.1, 0.15) is 26.7 Å². The van der Waals surface area contributed by atoms with Crippen molar-refractivity contribution in [3.8, 4) is 0 Å². The van der Waals surface area contributed by atoms with Gasteiger partial charge in [0.1, 0.15) is 0 Å². The molecule has 2 heteroatoms. The smallest absolute Gasteiger partial charge is 0.0718 e. The lowest BCUT2D eigenvalue weighted by Crippen LogP contribution is -2.53. The highest BCUT2D eigenvalue weighted by molar-refractivity contribution is 5.05. The molecule has 2 rings (SSSR count). The Morgan fingerprint density at radius 1 is 1.36 bits per heavy atom. The van der Waals surface area contributed by atoms with Gasteiger partial charge < -0.3 is 5.11 Å². The molecular formula is C9H17NO. The zero-order valence-corrected chi connectivity index (χ0v) is 7.43. The second kappa shape index (κ2) is 1.99. The Morgan fingerprint density at radius 3 is 2.27 bits per heavy atom.